The quantitative estimate of drug-likeness (QED) is 0.192. The molecular weight excluding hydrogens is 521 g/mol. The maximum Gasteiger partial charge on any atom is 0.270 e. The number of aryl methyl sites for hydroxylation is 1. The molecule has 6 rings (SSSR count). The molecule has 0 aliphatic carbocycles. The molecule has 3 aromatic carbocycles. The van der Waals surface area contributed by atoms with Crippen LogP contribution in [0.5, 0.6) is 0 Å². The second kappa shape index (κ2) is 10.9. The minimum absolute atomic E-state index is 0.00966. The molecule has 8 nitrogen and oxygen atoms in total. The van der Waals surface area contributed by atoms with E-state index in [1.165, 1.54) is 18.2 Å². The summed E-state index contributed by atoms with van der Waals surface area (Å²) in [6.07, 6.45) is 2.07. The van der Waals surface area contributed by atoms with Crippen LogP contribution in [0.4, 0.5) is 10.1 Å². The Morgan fingerprint density at radius 3 is 2.41 bits per heavy atom. The fraction of sp³-hybridized carbons (Fsp3) is 0.188. The number of nitro groups is 1. The predicted molar refractivity (Wildman–Crippen MR) is 155 cm³/mol. The third-order valence-corrected chi connectivity index (χ3v) is 7.50. The Kier molecular flexibility index (Phi) is 7.03. The zero-order valence-corrected chi connectivity index (χ0v) is 22.5. The number of imidazole rings is 1. The molecule has 0 spiro atoms. The summed E-state index contributed by atoms with van der Waals surface area (Å²) in [4.78, 5) is 33.0. The third-order valence-electron chi connectivity index (χ3n) is 7.50. The van der Waals surface area contributed by atoms with Crippen LogP contribution in [0.1, 0.15) is 21.6 Å². The Labute approximate surface area is 236 Å². The van der Waals surface area contributed by atoms with Gasteiger partial charge in [-0.3, -0.25) is 19.8 Å². The number of carbonyl (C=O) groups excluding carboxylic acids is 1. The van der Waals surface area contributed by atoms with Gasteiger partial charge in [0.05, 0.1) is 16.3 Å². The number of benzene rings is 3. The van der Waals surface area contributed by atoms with Crippen molar-refractivity contribution in [2.45, 2.75) is 13.5 Å². The molecule has 0 N–H and O–H groups in total. The molecule has 0 bridgehead atoms. The molecule has 3 heterocycles. The molecule has 1 saturated heterocycles. The van der Waals surface area contributed by atoms with E-state index < -0.39 is 10.7 Å². The minimum Gasteiger partial charge on any atom is -0.336 e. The van der Waals surface area contributed by atoms with Crippen molar-refractivity contribution in [1.82, 2.24) is 19.2 Å². The number of pyridine rings is 1. The van der Waals surface area contributed by atoms with Gasteiger partial charge in [0.25, 0.3) is 11.6 Å². The molecule has 1 amide bonds. The summed E-state index contributed by atoms with van der Waals surface area (Å²) >= 11 is 0. The van der Waals surface area contributed by atoms with Crippen LogP contribution in [-0.2, 0) is 6.54 Å². The molecule has 1 aliphatic heterocycles. The first-order valence-corrected chi connectivity index (χ1v) is 13.5. The summed E-state index contributed by atoms with van der Waals surface area (Å²) in [7, 11) is 0. The zero-order chi connectivity index (χ0) is 28.5. The molecule has 41 heavy (non-hydrogen) atoms. The molecule has 2 aromatic heterocycles. The van der Waals surface area contributed by atoms with Crippen molar-refractivity contribution in [3.05, 3.63) is 124 Å². The normalized spacial score (nSPS) is 14.0. The average molecular weight is 550 g/mol. The van der Waals surface area contributed by atoms with Gasteiger partial charge in [0, 0.05) is 62.2 Å². The number of fused-ring (bicyclic) bond motifs is 1. The van der Waals surface area contributed by atoms with Crippen molar-refractivity contribution in [2.24, 2.45) is 0 Å². The number of amides is 1. The highest BCUT2D eigenvalue weighted by Crippen LogP contribution is 2.31. The van der Waals surface area contributed by atoms with Gasteiger partial charge in [-0.25, -0.2) is 9.37 Å². The summed E-state index contributed by atoms with van der Waals surface area (Å²) in [6, 6.07) is 24.6. The Bertz CT molecular complexity index is 1770. The highest BCUT2D eigenvalue weighted by molar-refractivity contribution is 5.94. The van der Waals surface area contributed by atoms with E-state index in [1.54, 1.807) is 29.2 Å². The van der Waals surface area contributed by atoms with E-state index in [1.807, 2.05) is 24.3 Å². The number of halogens is 1. The maximum absolute atomic E-state index is 13.7. The van der Waals surface area contributed by atoms with Crippen LogP contribution in [0.25, 0.3) is 28.0 Å². The molecule has 1 aliphatic rings. The lowest BCUT2D eigenvalue weighted by molar-refractivity contribution is -0.384. The number of hydrogen-bond acceptors (Lipinski definition) is 5. The van der Waals surface area contributed by atoms with Gasteiger partial charge in [0.1, 0.15) is 11.5 Å². The number of piperazine rings is 1. The van der Waals surface area contributed by atoms with Crippen LogP contribution in [-0.4, -0.2) is 56.2 Å². The number of rotatable bonds is 6. The predicted octanol–water partition coefficient (Wildman–Crippen LogP) is 5.98. The van der Waals surface area contributed by atoms with Gasteiger partial charge in [0.2, 0.25) is 0 Å². The van der Waals surface area contributed by atoms with Crippen molar-refractivity contribution >= 4 is 17.2 Å². The lowest BCUT2D eigenvalue weighted by atomic mass is 10.1. The second-order valence-corrected chi connectivity index (χ2v) is 10.3. The fourth-order valence-corrected chi connectivity index (χ4v) is 5.36. The average Bonchev–Trinajstić information content (AvgIpc) is 3.34. The highest BCUT2D eigenvalue weighted by Gasteiger charge is 2.25. The smallest absolute Gasteiger partial charge is 0.270 e. The van der Waals surface area contributed by atoms with E-state index in [9.17, 15) is 19.3 Å². The molecule has 0 atom stereocenters. The van der Waals surface area contributed by atoms with Gasteiger partial charge in [-0.2, -0.15) is 0 Å². The summed E-state index contributed by atoms with van der Waals surface area (Å²) in [5.74, 6) is -0.611. The molecule has 9 heteroatoms. The lowest BCUT2D eigenvalue weighted by Gasteiger charge is -2.34. The van der Waals surface area contributed by atoms with Gasteiger partial charge >= 0.3 is 0 Å². The highest BCUT2D eigenvalue weighted by atomic mass is 19.1. The Balaban J connectivity index is 1.33. The van der Waals surface area contributed by atoms with Crippen molar-refractivity contribution in [2.75, 3.05) is 26.2 Å². The number of hydrogen-bond donors (Lipinski definition) is 0. The van der Waals surface area contributed by atoms with Gasteiger partial charge in [-0.15, -0.1) is 0 Å². The van der Waals surface area contributed by atoms with Crippen LogP contribution < -0.4 is 0 Å². The second-order valence-electron chi connectivity index (χ2n) is 10.3. The van der Waals surface area contributed by atoms with E-state index in [0.717, 1.165) is 28.0 Å². The number of aromatic nitrogens is 2. The summed E-state index contributed by atoms with van der Waals surface area (Å²) < 4.78 is 15.7. The lowest BCUT2D eigenvalue weighted by Crippen LogP contribution is -2.48. The number of non-ortho nitro benzene ring substituents is 1. The van der Waals surface area contributed by atoms with Gasteiger partial charge in [0.15, 0.2) is 0 Å². The van der Waals surface area contributed by atoms with Crippen LogP contribution in [0.3, 0.4) is 0 Å². The van der Waals surface area contributed by atoms with Gasteiger partial charge in [-0.05, 0) is 48.4 Å². The van der Waals surface area contributed by atoms with Crippen molar-refractivity contribution in [1.29, 1.82) is 0 Å². The third kappa shape index (κ3) is 5.44. The Hall–Kier alpha value is -4.89. The Morgan fingerprint density at radius 2 is 1.66 bits per heavy atom. The number of nitro benzene ring substituents is 1. The first-order chi connectivity index (χ1) is 19.9. The van der Waals surface area contributed by atoms with Crippen LogP contribution in [0.2, 0.25) is 0 Å². The van der Waals surface area contributed by atoms with Crippen LogP contribution in [0.15, 0.2) is 91.1 Å². The number of nitrogens with zero attached hydrogens (tertiary/aromatic N) is 5. The summed E-state index contributed by atoms with van der Waals surface area (Å²) in [5.41, 5.74) is 6.67. The van der Waals surface area contributed by atoms with Crippen LogP contribution >= 0.6 is 0 Å². The topological polar surface area (TPSA) is 84.0 Å². The van der Waals surface area contributed by atoms with Crippen LogP contribution in [0, 0.1) is 22.9 Å². The monoisotopic (exact) mass is 549 g/mol. The molecule has 0 saturated carbocycles. The van der Waals surface area contributed by atoms with Crippen molar-refractivity contribution in [3.8, 4) is 22.4 Å². The van der Waals surface area contributed by atoms with E-state index in [2.05, 4.69) is 40.6 Å². The maximum atomic E-state index is 13.7. The van der Waals surface area contributed by atoms with E-state index in [0.29, 0.717) is 49.5 Å². The molecule has 206 valence electrons. The van der Waals surface area contributed by atoms with Gasteiger partial charge < -0.3 is 9.30 Å². The van der Waals surface area contributed by atoms with Crippen molar-refractivity contribution in [3.63, 3.8) is 0 Å². The summed E-state index contributed by atoms with van der Waals surface area (Å²) in [6.45, 7) is 4.86. The van der Waals surface area contributed by atoms with E-state index in [4.69, 9.17) is 4.98 Å². The SMILES string of the molecule is Cc1cccc(-c2ccc3nc(-c4cccc([N+](=O)[O-])c4)c(CN4CCN(C(=O)c5cccc(F)c5)CC4)n3c2)c1. The molecule has 0 unspecified atom stereocenters. The summed E-state index contributed by atoms with van der Waals surface area (Å²) in [5, 5.41) is 11.5. The molecular formula is C32H28FN5O3. The molecule has 1 fully saturated rings. The van der Waals surface area contributed by atoms with Crippen molar-refractivity contribution < 1.29 is 14.1 Å². The van der Waals surface area contributed by atoms with Gasteiger partial charge in [-0.1, -0.05) is 48.0 Å². The largest absolute Gasteiger partial charge is 0.336 e. The van der Waals surface area contributed by atoms with E-state index >= 15 is 0 Å². The fourth-order valence-electron chi connectivity index (χ4n) is 5.36. The first-order valence-electron chi connectivity index (χ1n) is 13.5. The molecule has 0 radical (unpaired) electrons. The Morgan fingerprint density at radius 1 is 0.902 bits per heavy atom. The zero-order valence-electron chi connectivity index (χ0n) is 22.5. The van der Waals surface area contributed by atoms with E-state index in [-0.39, 0.29) is 11.6 Å². The molecule has 5 aromatic rings. The first kappa shape index (κ1) is 26.3. The minimum atomic E-state index is -0.430. The number of carbonyl (C=O) groups is 1. The standard InChI is InChI=1S/C32H28FN5O3/c1-22-5-2-6-23(17-22)26-11-12-30-34-31(24-7-4-10-28(19-24)38(40)41)29(37(30)20-26)21-35-13-15-36(16-14-35)32(39)25-8-3-9-27(33)18-25/h2-12,17-20H,13-16,21H2,1H3.